The topological polar surface area (TPSA) is 52.5 Å². The second-order valence-electron chi connectivity index (χ2n) is 6.09. The van der Waals surface area contributed by atoms with Crippen molar-refractivity contribution in [3.8, 4) is 0 Å². The lowest BCUT2D eigenvalue weighted by Gasteiger charge is -2.04. The fraction of sp³-hybridized carbons (Fsp3) is 0.381. The lowest BCUT2D eigenvalue weighted by atomic mass is 10.2. The van der Waals surface area contributed by atoms with E-state index in [0.717, 1.165) is 17.3 Å². The van der Waals surface area contributed by atoms with Gasteiger partial charge in [0.05, 0.1) is 13.2 Å². The van der Waals surface area contributed by atoms with E-state index >= 15 is 0 Å². The Morgan fingerprint density at radius 1 is 1.27 bits per heavy atom. The SMILES string of the molecule is CC=c1c(=CCOCc2ccccc2)c(CCNC(=O)COC)cn1C. The molecule has 0 saturated heterocycles. The average Bonchev–Trinajstić information content (AvgIpc) is 2.94. The summed E-state index contributed by atoms with van der Waals surface area (Å²) in [5.41, 5.74) is 2.36. The molecule has 1 N–H and O–H groups in total. The fourth-order valence-electron chi connectivity index (χ4n) is 2.93. The summed E-state index contributed by atoms with van der Waals surface area (Å²) in [5, 5.41) is 5.20. The van der Waals surface area contributed by atoms with Crippen LogP contribution in [0.2, 0.25) is 0 Å². The van der Waals surface area contributed by atoms with E-state index in [0.29, 0.717) is 19.8 Å². The Morgan fingerprint density at radius 3 is 2.73 bits per heavy atom. The fourth-order valence-corrected chi connectivity index (χ4v) is 2.93. The maximum atomic E-state index is 11.5. The molecule has 0 atom stereocenters. The molecule has 0 spiro atoms. The Balaban J connectivity index is 2.02. The molecule has 0 aliphatic carbocycles. The number of nitrogens with one attached hydrogen (secondary N) is 1. The van der Waals surface area contributed by atoms with Crippen molar-refractivity contribution < 1.29 is 14.3 Å². The molecular weight excluding hydrogens is 328 g/mol. The number of hydrogen-bond acceptors (Lipinski definition) is 3. The Bertz CT molecular complexity index is 810. The van der Waals surface area contributed by atoms with Crippen LogP contribution >= 0.6 is 0 Å². The second kappa shape index (κ2) is 10.6. The summed E-state index contributed by atoms with van der Waals surface area (Å²) < 4.78 is 12.7. The summed E-state index contributed by atoms with van der Waals surface area (Å²) in [6.45, 7) is 3.85. The van der Waals surface area contributed by atoms with Crippen LogP contribution in [0, 0.1) is 0 Å². The van der Waals surface area contributed by atoms with Gasteiger partial charge in [-0.1, -0.05) is 36.4 Å². The van der Waals surface area contributed by atoms with Crippen LogP contribution in [0.1, 0.15) is 18.1 Å². The zero-order valence-electron chi connectivity index (χ0n) is 15.8. The van der Waals surface area contributed by atoms with Gasteiger partial charge in [0.15, 0.2) is 0 Å². The maximum Gasteiger partial charge on any atom is 0.245 e. The number of aromatic nitrogens is 1. The summed E-state index contributed by atoms with van der Waals surface area (Å²) in [6, 6.07) is 10.1. The van der Waals surface area contributed by atoms with E-state index in [-0.39, 0.29) is 12.5 Å². The molecule has 0 aliphatic rings. The quantitative estimate of drug-likeness (QED) is 0.686. The molecule has 0 radical (unpaired) electrons. The predicted octanol–water partition coefficient (Wildman–Crippen LogP) is 1.13. The number of hydrogen-bond donors (Lipinski definition) is 1. The number of carbonyl (C=O) groups excluding carboxylic acids is 1. The van der Waals surface area contributed by atoms with Gasteiger partial charge in [-0.05, 0) is 30.5 Å². The molecule has 140 valence electrons. The van der Waals surface area contributed by atoms with Crippen molar-refractivity contribution in [2.24, 2.45) is 7.05 Å². The van der Waals surface area contributed by atoms with Gasteiger partial charge in [0.1, 0.15) is 6.61 Å². The van der Waals surface area contributed by atoms with Crippen molar-refractivity contribution in [2.75, 3.05) is 26.9 Å². The van der Waals surface area contributed by atoms with Gasteiger partial charge >= 0.3 is 0 Å². The lowest BCUT2D eigenvalue weighted by Crippen LogP contribution is -2.32. The zero-order chi connectivity index (χ0) is 18.8. The summed E-state index contributed by atoms with van der Waals surface area (Å²) in [7, 11) is 3.55. The predicted molar refractivity (Wildman–Crippen MR) is 104 cm³/mol. The van der Waals surface area contributed by atoms with Crippen LogP contribution in [0.15, 0.2) is 36.5 Å². The van der Waals surface area contributed by atoms with E-state index in [4.69, 9.17) is 9.47 Å². The smallest absolute Gasteiger partial charge is 0.245 e. The second-order valence-corrected chi connectivity index (χ2v) is 6.09. The highest BCUT2D eigenvalue weighted by Crippen LogP contribution is 2.00. The first-order valence-corrected chi connectivity index (χ1v) is 8.83. The third kappa shape index (κ3) is 5.86. The number of ether oxygens (including phenoxy) is 2. The number of methoxy groups -OCH3 is 1. The summed E-state index contributed by atoms with van der Waals surface area (Å²) >= 11 is 0. The van der Waals surface area contributed by atoms with Gasteiger partial charge in [0.25, 0.3) is 0 Å². The summed E-state index contributed by atoms with van der Waals surface area (Å²) in [4.78, 5) is 11.5. The third-order valence-electron chi connectivity index (χ3n) is 4.13. The van der Waals surface area contributed by atoms with Crippen LogP contribution in [0.25, 0.3) is 12.2 Å². The standard InChI is InChI=1S/C21H28N2O3/c1-4-20-19(11-13-26-15-17-8-6-5-7-9-17)18(14-23(20)2)10-12-22-21(24)16-25-3/h4-9,11,14H,10,12-13,15-16H2,1-3H3,(H,22,24). The van der Waals surface area contributed by atoms with Gasteiger partial charge in [-0.25, -0.2) is 0 Å². The molecule has 0 unspecified atom stereocenters. The molecule has 0 bridgehead atoms. The van der Waals surface area contributed by atoms with Crippen LogP contribution in [-0.4, -0.2) is 37.3 Å². The van der Waals surface area contributed by atoms with Gasteiger partial charge in [-0.15, -0.1) is 0 Å². The van der Waals surface area contributed by atoms with Crippen LogP contribution in [-0.2, 0) is 34.3 Å². The van der Waals surface area contributed by atoms with Crippen molar-refractivity contribution in [2.45, 2.75) is 20.0 Å². The van der Waals surface area contributed by atoms with Crippen molar-refractivity contribution in [3.05, 3.63) is 58.2 Å². The highest BCUT2D eigenvalue weighted by Gasteiger charge is 2.04. The molecule has 1 aromatic carbocycles. The van der Waals surface area contributed by atoms with E-state index in [1.54, 1.807) is 0 Å². The molecule has 1 aromatic heterocycles. The van der Waals surface area contributed by atoms with Crippen molar-refractivity contribution in [3.63, 3.8) is 0 Å². The molecule has 0 saturated carbocycles. The molecule has 2 aromatic rings. The van der Waals surface area contributed by atoms with Crippen LogP contribution in [0.5, 0.6) is 0 Å². The first-order chi connectivity index (χ1) is 12.7. The van der Waals surface area contributed by atoms with Crippen molar-refractivity contribution >= 4 is 18.1 Å². The Morgan fingerprint density at radius 2 is 2.04 bits per heavy atom. The maximum absolute atomic E-state index is 11.5. The number of carbonyl (C=O) groups is 1. The first kappa shape index (κ1) is 19.9. The number of amides is 1. The minimum absolute atomic E-state index is 0.0923. The number of nitrogens with zero attached hydrogens (tertiary/aromatic N) is 1. The number of rotatable bonds is 9. The largest absolute Gasteiger partial charge is 0.375 e. The van der Waals surface area contributed by atoms with Gasteiger partial charge in [0, 0.05) is 37.5 Å². The molecule has 1 amide bonds. The highest BCUT2D eigenvalue weighted by molar-refractivity contribution is 5.77. The molecule has 2 rings (SSSR count). The summed E-state index contributed by atoms with van der Waals surface area (Å²) in [5.74, 6) is -0.0950. The number of aryl methyl sites for hydroxylation is 1. The Labute approximate surface area is 154 Å². The van der Waals surface area contributed by atoms with Gasteiger partial charge in [-0.2, -0.15) is 0 Å². The Kier molecular flexibility index (Phi) is 8.12. The van der Waals surface area contributed by atoms with Gasteiger partial charge in [-0.3, -0.25) is 4.79 Å². The molecule has 26 heavy (non-hydrogen) atoms. The van der Waals surface area contributed by atoms with E-state index in [9.17, 15) is 4.79 Å². The minimum atomic E-state index is -0.0950. The van der Waals surface area contributed by atoms with E-state index < -0.39 is 0 Å². The molecule has 0 aliphatic heterocycles. The van der Waals surface area contributed by atoms with Crippen LogP contribution < -0.4 is 15.9 Å². The average molecular weight is 356 g/mol. The third-order valence-corrected chi connectivity index (χ3v) is 4.13. The first-order valence-electron chi connectivity index (χ1n) is 8.83. The summed E-state index contributed by atoms with van der Waals surface area (Å²) in [6.07, 6.45) is 7.09. The Hall–Kier alpha value is -2.37. The lowest BCUT2D eigenvalue weighted by molar-refractivity contribution is -0.124. The van der Waals surface area contributed by atoms with Gasteiger partial charge in [0.2, 0.25) is 5.91 Å². The van der Waals surface area contributed by atoms with Crippen LogP contribution in [0.4, 0.5) is 0 Å². The molecule has 5 nitrogen and oxygen atoms in total. The zero-order valence-corrected chi connectivity index (χ0v) is 15.8. The monoisotopic (exact) mass is 356 g/mol. The van der Waals surface area contributed by atoms with E-state index in [1.807, 2.05) is 32.2 Å². The van der Waals surface area contributed by atoms with Crippen molar-refractivity contribution in [1.29, 1.82) is 0 Å². The van der Waals surface area contributed by atoms with Gasteiger partial charge < -0.3 is 19.4 Å². The normalized spacial score (nSPS) is 12.6. The molecule has 5 heteroatoms. The van der Waals surface area contributed by atoms with E-state index in [1.165, 1.54) is 17.9 Å². The molecular formula is C21H28N2O3. The number of benzene rings is 1. The highest BCUT2D eigenvalue weighted by atomic mass is 16.5. The molecule has 1 heterocycles. The van der Waals surface area contributed by atoms with Crippen LogP contribution in [0.3, 0.4) is 0 Å². The molecule has 0 fully saturated rings. The van der Waals surface area contributed by atoms with Crippen molar-refractivity contribution in [1.82, 2.24) is 9.88 Å². The van der Waals surface area contributed by atoms with E-state index in [2.05, 4.69) is 40.4 Å². The minimum Gasteiger partial charge on any atom is -0.375 e.